The SMILES string of the molecule is C=N/C=C(\C=C/C)Cn1c(CN2CCC(c3cccc4c3OC(C)(c3ccc(Cl)cc3F)O4)CC2)nc2ccc(C(=O)O)cc21. The molecule has 3 aromatic carbocycles. The van der Waals surface area contributed by atoms with Crippen molar-refractivity contribution in [3.8, 4) is 11.5 Å². The van der Waals surface area contributed by atoms with Gasteiger partial charge in [-0.15, -0.1) is 0 Å². The molecule has 3 heterocycles. The number of rotatable bonds is 9. The van der Waals surface area contributed by atoms with Crippen molar-refractivity contribution in [2.24, 2.45) is 4.99 Å². The number of carboxylic acids is 1. The maximum Gasteiger partial charge on any atom is 0.335 e. The Morgan fingerprint density at radius 2 is 2.00 bits per heavy atom. The number of halogens is 2. The van der Waals surface area contributed by atoms with Crippen LogP contribution in [0.4, 0.5) is 4.39 Å². The summed E-state index contributed by atoms with van der Waals surface area (Å²) in [6.07, 6.45) is 7.39. The number of benzene rings is 3. The van der Waals surface area contributed by atoms with Gasteiger partial charge in [-0.2, -0.15) is 0 Å². The van der Waals surface area contributed by atoms with E-state index >= 15 is 0 Å². The van der Waals surface area contributed by atoms with Crippen LogP contribution in [0, 0.1) is 5.82 Å². The number of hydrogen-bond donors (Lipinski definition) is 1. The second kappa shape index (κ2) is 12.5. The average Bonchev–Trinajstić information content (AvgIpc) is 3.54. The zero-order valence-electron chi connectivity index (χ0n) is 25.2. The Morgan fingerprint density at radius 3 is 2.71 bits per heavy atom. The summed E-state index contributed by atoms with van der Waals surface area (Å²) < 4.78 is 29.5. The zero-order chi connectivity index (χ0) is 31.7. The molecule has 2 aliphatic heterocycles. The monoisotopic (exact) mass is 628 g/mol. The van der Waals surface area contributed by atoms with E-state index in [2.05, 4.69) is 27.2 Å². The second-order valence-corrected chi connectivity index (χ2v) is 11.9. The maximum atomic E-state index is 14.8. The quantitative estimate of drug-likeness (QED) is 0.151. The van der Waals surface area contributed by atoms with Crippen LogP contribution in [0.5, 0.6) is 11.5 Å². The van der Waals surface area contributed by atoms with Crippen molar-refractivity contribution in [2.45, 2.75) is 51.5 Å². The van der Waals surface area contributed by atoms with Gasteiger partial charge in [0.15, 0.2) is 11.5 Å². The van der Waals surface area contributed by atoms with Crippen LogP contribution in [0.15, 0.2) is 83.5 Å². The minimum absolute atomic E-state index is 0.214. The first-order valence-electron chi connectivity index (χ1n) is 14.9. The predicted octanol–water partition coefficient (Wildman–Crippen LogP) is 7.71. The number of aromatic carboxylic acids is 1. The Balaban J connectivity index is 1.21. The van der Waals surface area contributed by atoms with Crippen molar-refractivity contribution in [3.63, 3.8) is 0 Å². The molecular formula is C35H34ClFN4O4. The van der Waals surface area contributed by atoms with Crippen LogP contribution in [0.25, 0.3) is 11.0 Å². The number of imidazole rings is 1. The molecule has 1 atom stereocenters. The standard InChI is InChI=1S/C35H34ClFN4O4/c1-4-6-22(19-38-3)20-41-30-17-24(34(42)43)9-12-29(30)39-32(41)21-40-15-13-23(14-16-40)26-7-5-8-31-33(26)45-35(2,44-31)27-11-10-25(36)18-28(27)37/h4-12,17-19,23H,3,13-16,20-21H2,1-2H3,(H,42,43)/b6-4-,22-19+. The van der Waals surface area contributed by atoms with E-state index in [4.69, 9.17) is 26.1 Å². The topological polar surface area (TPSA) is 89.2 Å². The lowest BCUT2D eigenvalue weighted by Crippen LogP contribution is -2.34. The van der Waals surface area contributed by atoms with Crippen LogP contribution < -0.4 is 9.47 Å². The van der Waals surface area contributed by atoms with Gasteiger partial charge < -0.3 is 19.1 Å². The molecule has 0 spiro atoms. The van der Waals surface area contributed by atoms with Gasteiger partial charge in [-0.25, -0.2) is 14.2 Å². The van der Waals surface area contributed by atoms with Crippen LogP contribution in [0.3, 0.4) is 0 Å². The van der Waals surface area contributed by atoms with Crippen molar-refractivity contribution in [3.05, 3.63) is 112 Å². The van der Waals surface area contributed by atoms with Gasteiger partial charge in [-0.1, -0.05) is 35.9 Å². The highest BCUT2D eigenvalue weighted by Gasteiger charge is 2.43. The summed E-state index contributed by atoms with van der Waals surface area (Å²) >= 11 is 5.98. The van der Waals surface area contributed by atoms with E-state index in [1.807, 2.05) is 31.2 Å². The highest BCUT2D eigenvalue weighted by atomic mass is 35.5. The van der Waals surface area contributed by atoms with Crippen molar-refractivity contribution >= 4 is 35.3 Å². The van der Waals surface area contributed by atoms with Gasteiger partial charge >= 0.3 is 5.97 Å². The van der Waals surface area contributed by atoms with Gasteiger partial charge in [0.25, 0.3) is 5.79 Å². The number of nitrogens with zero attached hydrogens (tertiary/aromatic N) is 4. The largest absolute Gasteiger partial charge is 0.478 e. The van der Waals surface area contributed by atoms with Gasteiger partial charge in [-0.3, -0.25) is 9.89 Å². The molecule has 0 saturated carbocycles. The molecule has 0 aliphatic carbocycles. The lowest BCUT2D eigenvalue weighted by atomic mass is 9.88. The fourth-order valence-electron chi connectivity index (χ4n) is 6.29. The summed E-state index contributed by atoms with van der Waals surface area (Å²) in [6, 6.07) is 15.4. The number of piperidine rings is 1. The van der Waals surface area contributed by atoms with Crippen molar-refractivity contribution in [2.75, 3.05) is 13.1 Å². The third-order valence-electron chi connectivity index (χ3n) is 8.48. The number of ether oxygens (including phenoxy) is 2. The minimum Gasteiger partial charge on any atom is -0.478 e. The van der Waals surface area contributed by atoms with Gasteiger partial charge in [0.1, 0.15) is 11.6 Å². The fraction of sp³-hybridized carbons (Fsp3) is 0.286. The van der Waals surface area contributed by atoms with Crippen LogP contribution in [0.1, 0.15) is 59.9 Å². The molecular weight excluding hydrogens is 595 g/mol. The van der Waals surface area contributed by atoms with E-state index in [0.717, 1.165) is 53.9 Å². The average molecular weight is 629 g/mol. The Labute approximate surface area is 266 Å². The van der Waals surface area contributed by atoms with Crippen LogP contribution in [-0.2, 0) is 18.9 Å². The fourth-order valence-corrected chi connectivity index (χ4v) is 6.45. The molecule has 232 valence electrons. The Morgan fingerprint density at radius 1 is 1.20 bits per heavy atom. The number of carboxylic acid groups (broad SMARTS) is 1. The predicted molar refractivity (Wildman–Crippen MR) is 173 cm³/mol. The van der Waals surface area contributed by atoms with Gasteiger partial charge in [-0.05, 0) is 93.5 Å². The van der Waals surface area contributed by atoms with Crippen molar-refractivity contribution < 1.29 is 23.8 Å². The molecule has 1 saturated heterocycles. The van der Waals surface area contributed by atoms with Crippen LogP contribution >= 0.6 is 11.6 Å². The van der Waals surface area contributed by atoms with E-state index in [1.54, 1.807) is 43.5 Å². The zero-order valence-corrected chi connectivity index (χ0v) is 25.9. The van der Waals surface area contributed by atoms with Gasteiger partial charge in [0.05, 0.1) is 35.2 Å². The molecule has 1 fully saturated rings. The summed E-state index contributed by atoms with van der Waals surface area (Å²) in [4.78, 5) is 23.0. The molecule has 0 bridgehead atoms. The number of carbonyl (C=O) groups is 1. The lowest BCUT2D eigenvalue weighted by Gasteiger charge is -2.32. The maximum absolute atomic E-state index is 14.8. The minimum atomic E-state index is -1.30. The van der Waals surface area contributed by atoms with E-state index < -0.39 is 17.6 Å². The third kappa shape index (κ3) is 6.10. The Bertz CT molecular complexity index is 1840. The Hall–Kier alpha value is -4.47. The lowest BCUT2D eigenvalue weighted by molar-refractivity contribution is -0.0712. The van der Waals surface area contributed by atoms with Crippen LogP contribution in [-0.4, -0.2) is 45.3 Å². The summed E-state index contributed by atoms with van der Waals surface area (Å²) in [7, 11) is 0. The third-order valence-corrected chi connectivity index (χ3v) is 8.71. The molecule has 6 rings (SSSR count). The van der Waals surface area contributed by atoms with Gasteiger partial charge in [0.2, 0.25) is 0 Å². The van der Waals surface area contributed by atoms with Crippen LogP contribution in [0.2, 0.25) is 5.02 Å². The van der Waals surface area contributed by atoms with E-state index in [-0.39, 0.29) is 11.5 Å². The number of likely N-dealkylation sites (tertiary alicyclic amines) is 1. The smallest absolute Gasteiger partial charge is 0.335 e. The van der Waals surface area contributed by atoms with E-state index in [9.17, 15) is 14.3 Å². The first-order chi connectivity index (χ1) is 21.7. The highest BCUT2D eigenvalue weighted by molar-refractivity contribution is 6.30. The summed E-state index contributed by atoms with van der Waals surface area (Å²) in [6.45, 7) is 10.0. The molecule has 1 unspecified atom stereocenters. The summed E-state index contributed by atoms with van der Waals surface area (Å²) in [5.74, 6) is -0.421. The first kappa shape index (κ1) is 30.6. The summed E-state index contributed by atoms with van der Waals surface area (Å²) in [5.41, 5.74) is 3.99. The molecule has 0 radical (unpaired) electrons. The van der Waals surface area contributed by atoms with E-state index in [1.165, 1.54) is 6.07 Å². The number of para-hydroxylation sites is 1. The summed E-state index contributed by atoms with van der Waals surface area (Å²) in [5, 5.41) is 9.93. The molecule has 4 aromatic rings. The normalized spacial score (nSPS) is 19.1. The molecule has 10 heteroatoms. The first-order valence-corrected chi connectivity index (χ1v) is 15.3. The second-order valence-electron chi connectivity index (χ2n) is 11.5. The number of aromatic nitrogens is 2. The van der Waals surface area contributed by atoms with Crippen molar-refractivity contribution in [1.82, 2.24) is 14.5 Å². The highest BCUT2D eigenvalue weighted by Crippen LogP contribution is 2.49. The number of aliphatic imine (C=N–C) groups is 1. The number of allylic oxidation sites excluding steroid dienone is 3. The van der Waals surface area contributed by atoms with Crippen molar-refractivity contribution in [1.29, 1.82) is 0 Å². The van der Waals surface area contributed by atoms with Gasteiger partial charge in [0, 0.05) is 23.7 Å². The molecule has 0 amide bonds. The molecule has 8 nitrogen and oxygen atoms in total. The molecule has 1 N–H and O–H groups in total. The number of hydrogen-bond acceptors (Lipinski definition) is 6. The molecule has 2 aliphatic rings. The molecule has 45 heavy (non-hydrogen) atoms. The van der Waals surface area contributed by atoms with E-state index in [0.29, 0.717) is 35.2 Å². The Kier molecular flexibility index (Phi) is 8.48. The molecule has 1 aromatic heterocycles. The number of fused-ring (bicyclic) bond motifs is 2.